The minimum Gasteiger partial charge on any atom is -0.494 e. The molecular weight excluding hydrogens is 344 g/mol. The zero-order valence-electron chi connectivity index (χ0n) is 15.5. The lowest BCUT2D eigenvalue weighted by Gasteiger charge is -2.10. The van der Waals surface area contributed by atoms with Gasteiger partial charge in [0.15, 0.2) is 0 Å². The van der Waals surface area contributed by atoms with Crippen LogP contribution in [0.1, 0.15) is 30.0 Å². The fourth-order valence-electron chi connectivity index (χ4n) is 2.93. The van der Waals surface area contributed by atoms with Gasteiger partial charge in [-0.3, -0.25) is 4.79 Å². The van der Waals surface area contributed by atoms with Crippen molar-refractivity contribution in [1.29, 1.82) is 0 Å². The molecule has 0 fully saturated rings. The van der Waals surface area contributed by atoms with Crippen LogP contribution in [-0.4, -0.2) is 12.6 Å². The normalized spacial score (nSPS) is 10.7. The van der Waals surface area contributed by atoms with Crippen molar-refractivity contribution in [2.24, 2.45) is 0 Å². The van der Waals surface area contributed by atoms with Gasteiger partial charge in [-0.25, -0.2) is 4.79 Å². The van der Waals surface area contributed by atoms with E-state index in [1.54, 1.807) is 6.07 Å². The van der Waals surface area contributed by atoms with Gasteiger partial charge in [0.2, 0.25) is 0 Å². The summed E-state index contributed by atoms with van der Waals surface area (Å²) in [4.78, 5) is 23.9. The molecule has 0 amide bonds. The molecule has 0 saturated heterocycles. The first-order valence-corrected chi connectivity index (χ1v) is 8.96. The highest BCUT2D eigenvalue weighted by molar-refractivity contribution is 5.81. The third kappa shape index (κ3) is 4.76. The summed E-state index contributed by atoms with van der Waals surface area (Å²) in [6.07, 6.45) is 0.772. The molecule has 5 heteroatoms. The lowest BCUT2D eigenvalue weighted by molar-refractivity contribution is -0.144. The summed E-state index contributed by atoms with van der Waals surface area (Å²) in [7, 11) is 0. The Bertz CT molecular complexity index is 1000. The van der Waals surface area contributed by atoms with Crippen LogP contribution in [-0.2, 0) is 22.6 Å². The Balaban J connectivity index is 1.65. The van der Waals surface area contributed by atoms with Crippen LogP contribution in [0.4, 0.5) is 0 Å². The molecule has 0 aliphatic rings. The summed E-state index contributed by atoms with van der Waals surface area (Å²) in [6, 6.07) is 14.6. The molecule has 1 heterocycles. The maximum absolute atomic E-state index is 12.2. The number of hydrogen-bond donors (Lipinski definition) is 0. The minimum atomic E-state index is -0.454. The van der Waals surface area contributed by atoms with E-state index >= 15 is 0 Å². The van der Waals surface area contributed by atoms with Crippen LogP contribution in [0.2, 0.25) is 0 Å². The molecule has 0 aliphatic carbocycles. The fraction of sp³-hybridized carbons (Fsp3) is 0.273. The number of para-hydroxylation sites is 1. The molecule has 0 atom stereocenters. The van der Waals surface area contributed by atoms with Crippen molar-refractivity contribution in [3.8, 4) is 5.75 Å². The molecule has 0 radical (unpaired) electrons. The highest BCUT2D eigenvalue weighted by atomic mass is 16.5. The van der Waals surface area contributed by atoms with Crippen LogP contribution in [0, 0.1) is 6.92 Å². The topological polar surface area (TPSA) is 65.7 Å². The quantitative estimate of drug-likeness (QED) is 0.464. The summed E-state index contributed by atoms with van der Waals surface area (Å²) in [5, 5.41) is 0.773. The smallest absolute Gasteiger partial charge is 0.336 e. The van der Waals surface area contributed by atoms with Gasteiger partial charge in [0.1, 0.15) is 17.9 Å². The van der Waals surface area contributed by atoms with Gasteiger partial charge in [-0.2, -0.15) is 0 Å². The second-order valence-electron chi connectivity index (χ2n) is 6.29. The number of rotatable bonds is 7. The monoisotopic (exact) mass is 366 g/mol. The van der Waals surface area contributed by atoms with E-state index < -0.39 is 5.63 Å². The van der Waals surface area contributed by atoms with Gasteiger partial charge in [0.05, 0.1) is 6.61 Å². The van der Waals surface area contributed by atoms with E-state index in [2.05, 4.69) is 0 Å². The number of benzene rings is 2. The first-order valence-electron chi connectivity index (χ1n) is 8.96. The van der Waals surface area contributed by atoms with Crippen LogP contribution in [0.3, 0.4) is 0 Å². The largest absolute Gasteiger partial charge is 0.494 e. The minimum absolute atomic E-state index is 0.0388. The van der Waals surface area contributed by atoms with Crippen molar-refractivity contribution in [1.82, 2.24) is 0 Å². The molecule has 0 saturated carbocycles. The van der Waals surface area contributed by atoms with Gasteiger partial charge in [0.25, 0.3) is 0 Å². The van der Waals surface area contributed by atoms with Crippen LogP contribution >= 0.6 is 0 Å². The van der Waals surface area contributed by atoms with Crippen LogP contribution in [0.15, 0.2) is 57.7 Å². The van der Waals surface area contributed by atoms with Gasteiger partial charge in [-0.05, 0) is 43.5 Å². The van der Waals surface area contributed by atoms with E-state index in [-0.39, 0.29) is 19.0 Å². The van der Waals surface area contributed by atoms with E-state index in [0.29, 0.717) is 24.2 Å². The van der Waals surface area contributed by atoms with Gasteiger partial charge >= 0.3 is 11.6 Å². The summed E-state index contributed by atoms with van der Waals surface area (Å²) in [6.45, 7) is 4.46. The fourth-order valence-corrected chi connectivity index (χ4v) is 2.93. The molecule has 5 nitrogen and oxygen atoms in total. The Morgan fingerprint density at radius 1 is 1.07 bits per heavy atom. The van der Waals surface area contributed by atoms with E-state index in [1.165, 1.54) is 6.07 Å². The molecule has 0 unspecified atom stereocenters. The predicted octanol–water partition coefficient (Wildman–Crippen LogP) is 4.18. The molecule has 0 aliphatic heterocycles. The number of hydrogen-bond acceptors (Lipinski definition) is 5. The maximum atomic E-state index is 12.2. The third-order valence-electron chi connectivity index (χ3n) is 4.25. The molecule has 3 aromatic rings. The Labute approximate surface area is 157 Å². The molecule has 27 heavy (non-hydrogen) atoms. The number of fused-ring (bicyclic) bond motifs is 1. The molecule has 0 bridgehead atoms. The van der Waals surface area contributed by atoms with E-state index in [0.717, 1.165) is 22.3 Å². The van der Waals surface area contributed by atoms with Gasteiger partial charge < -0.3 is 13.9 Å². The average molecular weight is 366 g/mol. The zero-order chi connectivity index (χ0) is 19.2. The second-order valence-corrected chi connectivity index (χ2v) is 6.29. The highest BCUT2D eigenvalue weighted by Crippen LogP contribution is 2.21. The van der Waals surface area contributed by atoms with Crippen molar-refractivity contribution >= 4 is 16.9 Å². The average Bonchev–Trinajstić information content (AvgIpc) is 2.65. The number of carbonyl (C=O) groups is 1. The molecule has 3 rings (SSSR count). The maximum Gasteiger partial charge on any atom is 0.336 e. The van der Waals surface area contributed by atoms with Crippen LogP contribution < -0.4 is 10.4 Å². The predicted molar refractivity (Wildman–Crippen MR) is 103 cm³/mol. The van der Waals surface area contributed by atoms with E-state index in [9.17, 15) is 9.59 Å². The second kappa shape index (κ2) is 8.54. The molecule has 0 spiro atoms. The summed E-state index contributed by atoms with van der Waals surface area (Å²) >= 11 is 0. The Morgan fingerprint density at radius 2 is 1.89 bits per heavy atom. The van der Waals surface area contributed by atoms with Crippen molar-refractivity contribution in [2.75, 3.05) is 6.61 Å². The van der Waals surface area contributed by atoms with Crippen molar-refractivity contribution < 1.29 is 18.7 Å². The molecule has 1 aromatic heterocycles. The van der Waals surface area contributed by atoms with Crippen LogP contribution in [0.25, 0.3) is 11.0 Å². The zero-order valence-corrected chi connectivity index (χ0v) is 15.5. The number of esters is 1. The van der Waals surface area contributed by atoms with Crippen molar-refractivity contribution in [2.45, 2.75) is 33.3 Å². The summed E-state index contributed by atoms with van der Waals surface area (Å²) < 4.78 is 16.2. The van der Waals surface area contributed by atoms with Gasteiger partial charge in [-0.15, -0.1) is 0 Å². The van der Waals surface area contributed by atoms with E-state index in [4.69, 9.17) is 13.9 Å². The number of aryl methyl sites for hydroxylation is 2. The lowest BCUT2D eigenvalue weighted by Crippen LogP contribution is -2.09. The first kappa shape index (κ1) is 18.7. The summed E-state index contributed by atoms with van der Waals surface area (Å²) in [5.74, 6) is 0.463. The standard InChI is InChI=1S/C22H22O5/c1-3-25-19-7-5-4-6-16(19)9-11-21(23)26-14-17-13-22(24)27-20-12-15(2)8-10-18(17)20/h4-8,10,12-13H,3,9,11,14H2,1-2H3. The molecule has 2 aromatic carbocycles. The highest BCUT2D eigenvalue weighted by Gasteiger charge is 2.11. The molecule has 0 N–H and O–H groups in total. The van der Waals surface area contributed by atoms with E-state index in [1.807, 2.05) is 50.2 Å². The van der Waals surface area contributed by atoms with Crippen molar-refractivity contribution in [3.05, 3.63) is 75.6 Å². The number of carbonyl (C=O) groups excluding carboxylic acids is 1. The third-order valence-corrected chi connectivity index (χ3v) is 4.25. The Hall–Kier alpha value is -3.08. The molecular formula is C22H22O5. The van der Waals surface area contributed by atoms with Gasteiger partial charge in [0, 0.05) is 23.4 Å². The lowest BCUT2D eigenvalue weighted by atomic mass is 10.1. The Kier molecular flexibility index (Phi) is 5.91. The number of ether oxygens (including phenoxy) is 2. The van der Waals surface area contributed by atoms with Crippen molar-refractivity contribution in [3.63, 3.8) is 0 Å². The summed E-state index contributed by atoms with van der Waals surface area (Å²) in [5.41, 5.74) is 2.65. The Morgan fingerprint density at radius 3 is 2.70 bits per heavy atom. The molecule has 140 valence electrons. The van der Waals surface area contributed by atoms with Gasteiger partial charge in [-0.1, -0.05) is 30.3 Å². The first-order chi connectivity index (χ1) is 13.1. The SMILES string of the molecule is CCOc1ccccc1CCC(=O)OCc1cc(=O)oc2cc(C)ccc12. The van der Waals surface area contributed by atoms with Crippen LogP contribution in [0.5, 0.6) is 5.75 Å².